The number of rotatable bonds is 5. The average Bonchev–Trinajstić information content (AvgIpc) is 2.82. The average molecular weight is 268 g/mol. The maximum atomic E-state index is 5.84. The summed E-state index contributed by atoms with van der Waals surface area (Å²) in [4.78, 5) is 8.67. The van der Waals surface area contributed by atoms with Crippen molar-refractivity contribution >= 4 is 22.9 Å². The second-order valence-corrected chi connectivity index (χ2v) is 5.06. The van der Waals surface area contributed by atoms with E-state index in [1.807, 2.05) is 23.7 Å². The molecule has 2 aromatic heterocycles. The van der Waals surface area contributed by atoms with Crippen LogP contribution in [0.3, 0.4) is 0 Å². The molecule has 3 nitrogen and oxygen atoms in total. The lowest BCUT2D eigenvalue weighted by Crippen LogP contribution is -2.23. The number of aromatic nitrogens is 2. The SMILES string of the molecule is CCNC(Cc1nccs1)c1ccc(Cl)cn1. The Morgan fingerprint density at radius 2 is 2.29 bits per heavy atom. The highest BCUT2D eigenvalue weighted by Gasteiger charge is 2.13. The van der Waals surface area contributed by atoms with E-state index in [9.17, 15) is 0 Å². The van der Waals surface area contributed by atoms with E-state index in [0.29, 0.717) is 5.02 Å². The normalized spacial score (nSPS) is 12.6. The summed E-state index contributed by atoms with van der Waals surface area (Å²) in [5.74, 6) is 0. The van der Waals surface area contributed by atoms with E-state index in [0.717, 1.165) is 23.7 Å². The van der Waals surface area contributed by atoms with Crippen LogP contribution in [0.2, 0.25) is 5.02 Å². The van der Waals surface area contributed by atoms with Gasteiger partial charge in [-0.2, -0.15) is 0 Å². The molecular formula is C12H14ClN3S. The van der Waals surface area contributed by atoms with Gasteiger partial charge in [0.1, 0.15) is 0 Å². The lowest BCUT2D eigenvalue weighted by Gasteiger charge is -2.15. The molecule has 0 fully saturated rings. The number of hydrogen-bond donors (Lipinski definition) is 1. The van der Waals surface area contributed by atoms with E-state index in [1.165, 1.54) is 0 Å². The lowest BCUT2D eigenvalue weighted by molar-refractivity contribution is 0.535. The summed E-state index contributed by atoms with van der Waals surface area (Å²) in [6.45, 7) is 2.99. The van der Waals surface area contributed by atoms with Crippen molar-refractivity contribution in [3.63, 3.8) is 0 Å². The van der Waals surface area contributed by atoms with Crippen molar-refractivity contribution in [2.75, 3.05) is 6.54 Å². The van der Waals surface area contributed by atoms with Crippen molar-refractivity contribution < 1.29 is 0 Å². The fourth-order valence-corrected chi connectivity index (χ4v) is 2.42. The Hall–Kier alpha value is -0.970. The van der Waals surface area contributed by atoms with E-state index in [1.54, 1.807) is 17.5 Å². The molecule has 1 atom stereocenters. The number of nitrogens with zero attached hydrogens (tertiary/aromatic N) is 2. The molecule has 0 aliphatic carbocycles. The molecular weight excluding hydrogens is 254 g/mol. The number of nitrogens with one attached hydrogen (secondary N) is 1. The predicted molar refractivity (Wildman–Crippen MR) is 71.5 cm³/mol. The Morgan fingerprint density at radius 1 is 1.41 bits per heavy atom. The molecule has 0 aliphatic heterocycles. The third-order valence-corrected chi connectivity index (χ3v) is 3.45. The fraction of sp³-hybridized carbons (Fsp3) is 0.333. The third-order valence-electron chi connectivity index (χ3n) is 2.42. The molecule has 1 unspecified atom stereocenters. The molecule has 0 bridgehead atoms. The minimum absolute atomic E-state index is 0.198. The number of thiazole rings is 1. The largest absolute Gasteiger partial charge is 0.309 e. The molecule has 0 radical (unpaired) electrons. The van der Waals surface area contributed by atoms with Crippen LogP contribution in [0.1, 0.15) is 23.7 Å². The summed E-state index contributed by atoms with van der Waals surface area (Å²) in [5.41, 5.74) is 1.01. The first-order valence-electron chi connectivity index (χ1n) is 5.52. The van der Waals surface area contributed by atoms with E-state index in [4.69, 9.17) is 11.6 Å². The van der Waals surface area contributed by atoms with Gasteiger partial charge >= 0.3 is 0 Å². The van der Waals surface area contributed by atoms with E-state index in [2.05, 4.69) is 22.2 Å². The van der Waals surface area contributed by atoms with E-state index in [-0.39, 0.29) is 6.04 Å². The molecule has 2 aromatic rings. The minimum Gasteiger partial charge on any atom is -0.309 e. The smallest absolute Gasteiger partial charge is 0.0944 e. The van der Waals surface area contributed by atoms with E-state index >= 15 is 0 Å². The molecule has 0 aromatic carbocycles. The monoisotopic (exact) mass is 267 g/mol. The summed E-state index contributed by atoms with van der Waals surface area (Å²) in [5, 5.41) is 7.19. The van der Waals surface area contributed by atoms with Gasteiger partial charge in [0.05, 0.1) is 21.8 Å². The molecule has 17 heavy (non-hydrogen) atoms. The molecule has 0 amide bonds. The molecule has 90 valence electrons. The van der Waals surface area contributed by atoms with Crippen LogP contribution in [0.15, 0.2) is 29.9 Å². The van der Waals surface area contributed by atoms with Gasteiger partial charge in [-0.1, -0.05) is 18.5 Å². The van der Waals surface area contributed by atoms with Crippen molar-refractivity contribution in [3.8, 4) is 0 Å². The molecule has 0 saturated carbocycles. The van der Waals surface area contributed by atoms with E-state index < -0.39 is 0 Å². The summed E-state index contributed by atoms with van der Waals surface area (Å²) in [7, 11) is 0. The second kappa shape index (κ2) is 6.10. The molecule has 1 N–H and O–H groups in total. The van der Waals surface area contributed by atoms with Gasteiger partial charge in [0.15, 0.2) is 0 Å². The second-order valence-electron chi connectivity index (χ2n) is 3.64. The third kappa shape index (κ3) is 3.49. The topological polar surface area (TPSA) is 37.8 Å². The fourth-order valence-electron chi connectivity index (χ4n) is 1.65. The molecule has 0 aliphatic rings. The Bertz CT molecular complexity index is 441. The highest BCUT2D eigenvalue weighted by molar-refractivity contribution is 7.09. The van der Waals surface area contributed by atoms with Crippen LogP contribution in [0.25, 0.3) is 0 Å². The predicted octanol–water partition coefficient (Wildman–Crippen LogP) is 3.08. The molecule has 2 rings (SSSR count). The van der Waals surface area contributed by atoms with Gasteiger partial charge in [0, 0.05) is 24.2 Å². The standard InChI is InChI=1S/C12H14ClN3S/c1-2-14-11(7-12-15-5-6-17-12)10-4-3-9(13)8-16-10/h3-6,8,11,14H,2,7H2,1H3. The number of hydrogen-bond acceptors (Lipinski definition) is 4. The van der Waals surface area contributed by atoms with Gasteiger partial charge in [-0.3, -0.25) is 4.98 Å². The Balaban J connectivity index is 2.13. The molecule has 0 spiro atoms. The number of likely N-dealkylation sites (N-methyl/N-ethyl adjacent to an activating group) is 1. The summed E-state index contributed by atoms with van der Waals surface area (Å²) in [6, 6.07) is 4.03. The van der Waals surface area contributed by atoms with Crippen molar-refractivity contribution in [3.05, 3.63) is 45.6 Å². The highest BCUT2D eigenvalue weighted by atomic mass is 35.5. The Labute approximate surface area is 110 Å². The van der Waals surface area contributed by atoms with Crippen LogP contribution in [-0.2, 0) is 6.42 Å². The highest BCUT2D eigenvalue weighted by Crippen LogP contribution is 2.19. The van der Waals surface area contributed by atoms with Gasteiger partial charge < -0.3 is 5.32 Å². The molecule has 2 heterocycles. The van der Waals surface area contributed by atoms with Crippen molar-refractivity contribution in [2.45, 2.75) is 19.4 Å². The Kier molecular flexibility index (Phi) is 4.48. The van der Waals surface area contributed by atoms with Crippen LogP contribution in [0.4, 0.5) is 0 Å². The van der Waals surface area contributed by atoms with Gasteiger partial charge in [0.25, 0.3) is 0 Å². The van der Waals surface area contributed by atoms with Crippen molar-refractivity contribution in [1.29, 1.82) is 0 Å². The Morgan fingerprint density at radius 3 is 2.88 bits per heavy atom. The minimum atomic E-state index is 0.198. The van der Waals surface area contributed by atoms with Crippen LogP contribution in [0, 0.1) is 0 Å². The van der Waals surface area contributed by atoms with Crippen molar-refractivity contribution in [1.82, 2.24) is 15.3 Å². The zero-order valence-corrected chi connectivity index (χ0v) is 11.1. The number of pyridine rings is 1. The zero-order chi connectivity index (χ0) is 12.1. The summed E-state index contributed by atoms with van der Waals surface area (Å²) < 4.78 is 0. The lowest BCUT2D eigenvalue weighted by atomic mass is 10.1. The van der Waals surface area contributed by atoms with Crippen LogP contribution in [0.5, 0.6) is 0 Å². The first kappa shape index (κ1) is 12.5. The zero-order valence-electron chi connectivity index (χ0n) is 9.56. The quantitative estimate of drug-likeness (QED) is 0.905. The van der Waals surface area contributed by atoms with Crippen LogP contribution in [-0.4, -0.2) is 16.5 Å². The van der Waals surface area contributed by atoms with Gasteiger partial charge in [0.2, 0.25) is 0 Å². The van der Waals surface area contributed by atoms with Crippen LogP contribution < -0.4 is 5.32 Å². The molecule has 0 saturated heterocycles. The van der Waals surface area contributed by atoms with Gasteiger partial charge in [-0.05, 0) is 18.7 Å². The maximum absolute atomic E-state index is 5.84. The summed E-state index contributed by atoms with van der Waals surface area (Å²) in [6.07, 6.45) is 4.38. The van der Waals surface area contributed by atoms with Crippen molar-refractivity contribution in [2.24, 2.45) is 0 Å². The first-order chi connectivity index (χ1) is 8.29. The molecule has 5 heteroatoms. The summed E-state index contributed by atoms with van der Waals surface area (Å²) >= 11 is 7.51. The van der Waals surface area contributed by atoms with Gasteiger partial charge in [-0.15, -0.1) is 11.3 Å². The number of halogens is 1. The first-order valence-corrected chi connectivity index (χ1v) is 6.78. The van der Waals surface area contributed by atoms with Gasteiger partial charge in [-0.25, -0.2) is 4.98 Å². The van der Waals surface area contributed by atoms with Crippen LogP contribution >= 0.6 is 22.9 Å². The maximum Gasteiger partial charge on any atom is 0.0944 e.